The minimum absolute atomic E-state index is 0.128. The van der Waals surface area contributed by atoms with Crippen molar-refractivity contribution in [2.24, 2.45) is 0 Å². The molecule has 0 radical (unpaired) electrons. The lowest BCUT2D eigenvalue weighted by atomic mass is 10.0. The normalized spacial score (nSPS) is 10.7. The van der Waals surface area contributed by atoms with E-state index in [1.807, 2.05) is 26.0 Å². The van der Waals surface area contributed by atoms with Crippen LogP contribution in [-0.4, -0.2) is 11.9 Å². The predicted molar refractivity (Wildman–Crippen MR) is 95.8 cm³/mol. The number of carbonyl (C=O) groups excluding carboxylic acids is 2. The minimum Gasteiger partial charge on any atom is -0.464 e. The lowest BCUT2D eigenvalue weighted by Crippen LogP contribution is -2.11. The molecule has 1 aromatic heterocycles. The van der Waals surface area contributed by atoms with Gasteiger partial charge in [0, 0.05) is 23.6 Å². The van der Waals surface area contributed by atoms with Crippen molar-refractivity contribution in [2.45, 2.75) is 27.2 Å². The average molecular weight is 337 g/mol. The van der Waals surface area contributed by atoms with E-state index in [0.717, 1.165) is 27.7 Å². The van der Waals surface area contributed by atoms with Crippen LogP contribution >= 0.6 is 0 Å². The van der Waals surface area contributed by atoms with Gasteiger partial charge in [0.1, 0.15) is 11.3 Å². The summed E-state index contributed by atoms with van der Waals surface area (Å²) in [7, 11) is 0. The van der Waals surface area contributed by atoms with Gasteiger partial charge in [0.15, 0.2) is 0 Å². The van der Waals surface area contributed by atoms with E-state index in [-0.39, 0.29) is 18.3 Å². The summed E-state index contributed by atoms with van der Waals surface area (Å²) in [6.45, 7) is 5.46. The average Bonchev–Trinajstić information content (AvgIpc) is 2.96. The second-order valence-electron chi connectivity index (χ2n) is 6.00. The molecule has 1 amide bonds. The number of benzene rings is 2. The Kier molecular flexibility index (Phi) is 4.57. The molecule has 0 unspecified atom stereocenters. The maximum absolute atomic E-state index is 12.2. The van der Waals surface area contributed by atoms with Crippen molar-refractivity contribution in [1.29, 1.82) is 0 Å². The third-order valence-electron chi connectivity index (χ3n) is 4.08. The zero-order valence-electron chi connectivity index (χ0n) is 14.4. The van der Waals surface area contributed by atoms with Gasteiger partial charge >= 0.3 is 5.97 Å². The predicted octanol–water partition coefficient (Wildman–Crippen LogP) is 4.16. The van der Waals surface area contributed by atoms with Gasteiger partial charge in [-0.05, 0) is 49.2 Å². The number of esters is 1. The van der Waals surface area contributed by atoms with Crippen LogP contribution < -0.4 is 10.1 Å². The molecule has 0 bridgehead atoms. The van der Waals surface area contributed by atoms with E-state index in [0.29, 0.717) is 11.4 Å². The molecule has 5 nitrogen and oxygen atoms in total. The quantitative estimate of drug-likeness (QED) is 0.573. The van der Waals surface area contributed by atoms with Crippen molar-refractivity contribution >= 4 is 28.5 Å². The smallest absolute Gasteiger partial charge is 0.315 e. The zero-order valence-corrected chi connectivity index (χ0v) is 14.4. The molecule has 1 N–H and O–H groups in total. The third-order valence-corrected chi connectivity index (χ3v) is 4.08. The minimum atomic E-state index is -0.367. The largest absolute Gasteiger partial charge is 0.464 e. The fraction of sp³-hybridized carbons (Fsp3) is 0.200. The number of ether oxygens (including phenoxy) is 1. The molecule has 0 aliphatic carbocycles. The lowest BCUT2D eigenvalue weighted by molar-refractivity contribution is -0.133. The molecule has 3 aromatic rings. The second kappa shape index (κ2) is 6.81. The highest BCUT2D eigenvalue weighted by Crippen LogP contribution is 2.27. The molecule has 0 aliphatic heterocycles. The molecule has 0 fully saturated rings. The lowest BCUT2D eigenvalue weighted by Gasteiger charge is -2.06. The van der Waals surface area contributed by atoms with Gasteiger partial charge in [-0.1, -0.05) is 12.1 Å². The van der Waals surface area contributed by atoms with Crippen molar-refractivity contribution in [2.75, 3.05) is 5.32 Å². The number of furan rings is 1. The van der Waals surface area contributed by atoms with Crippen LogP contribution in [0.4, 0.5) is 5.69 Å². The van der Waals surface area contributed by atoms with E-state index in [9.17, 15) is 9.59 Å². The molecule has 0 spiro atoms. The number of anilines is 1. The van der Waals surface area contributed by atoms with Gasteiger partial charge in [-0.25, -0.2) is 0 Å². The Balaban J connectivity index is 1.71. The number of nitrogens with one attached hydrogen (secondary N) is 1. The molecule has 25 heavy (non-hydrogen) atoms. The van der Waals surface area contributed by atoms with Gasteiger partial charge < -0.3 is 14.5 Å². The molecular weight excluding hydrogens is 318 g/mol. The van der Waals surface area contributed by atoms with Crippen LogP contribution in [0.5, 0.6) is 5.75 Å². The first-order chi connectivity index (χ1) is 11.9. The van der Waals surface area contributed by atoms with Crippen LogP contribution in [0.1, 0.15) is 23.6 Å². The summed E-state index contributed by atoms with van der Waals surface area (Å²) in [6, 6.07) is 10.6. The van der Waals surface area contributed by atoms with Crippen LogP contribution in [0.2, 0.25) is 0 Å². The van der Waals surface area contributed by atoms with Crippen LogP contribution in [0.3, 0.4) is 0 Å². The summed E-state index contributed by atoms with van der Waals surface area (Å²) in [6.07, 6.45) is 1.74. The summed E-state index contributed by atoms with van der Waals surface area (Å²) in [5, 5.41) is 3.59. The Morgan fingerprint density at radius 3 is 2.48 bits per heavy atom. The van der Waals surface area contributed by atoms with E-state index in [1.165, 1.54) is 6.92 Å². The van der Waals surface area contributed by atoms with Crippen molar-refractivity contribution in [3.63, 3.8) is 0 Å². The highest BCUT2D eigenvalue weighted by Gasteiger charge is 2.14. The van der Waals surface area contributed by atoms with E-state index >= 15 is 0 Å². The van der Waals surface area contributed by atoms with Crippen molar-refractivity contribution in [3.05, 3.63) is 59.4 Å². The number of carbonyl (C=O) groups is 2. The van der Waals surface area contributed by atoms with E-state index in [2.05, 4.69) is 5.32 Å². The van der Waals surface area contributed by atoms with Gasteiger partial charge in [0.2, 0.25) is 5.91 Å². The summed E-state index contributed by atoms with van der Waals surface area (Å²) in [5.74, 6) is -0.0887. The highest BCUT2D eigenvalue weighted by molar-refractivity contribution is 5.89. The molecule has 0 saturated carbocycles. The van der Waals surface area contributed by atoms with Crippen LogP contribution in [-0.2, 0) is 16.0 Å². The highest BCUT2D eigenvalue weighted by atomic mass is 16.5. The first kappa shape index (κ1) is 16.8. The Hall–Kier alpha value is -3.08. The van der Waals surface area contributed by atoms with Gasteiger partial charge in [-0.15, -0.1) is 0 Å². The monoisotopic (exact) mass is 337 g/mol. The molecule has 128 valence electrons. The molecule has 3 rings (SSSR count). The van der Waals surface area contributed by atoms with E-state index < -0.39 is 0 Å². The van der Waals surface area contributed by atoms with Crippen molar-refractivity contribution in [1.82, 2.24) is 0 Å². The fourth-order valence-corrected chi connectivity index (χ4v) is 2.66. The van der Waals surface area contributed by atoms with Gasteiger partial charge in [-0.3, -0.25) is 9.59 Å². The molecule has 0 saturated heterocycles. The van der Waals surface area contributed by atoms with Gasteiger partial charge in [-0.2, -0.15) is 0 Å². The van der Waals surface area contributed by atoms with Crippen molar-refractivity contribution < 1.29 is 18.7 Å². The maximum atomic E-state index is 12.2. The molecule has 1 heterocycles. The maximum Gasteiger partial charge on any atom is 0.315 e. The van der Waals surface area contributed by atoms with Crippen LogP contribution in [0, 0.1) is 13.8 Å². The SMILES string of the molecule is CC(=O)Nc1ccc(OC(=O)Cc2coc3c(C)c(C)ccc23)cc1. The fourth-order valence-electron chi connectivity index (χ4n) is 2.66. The molecule has 5 heteroatoms. The van der Waals surface area contributed by atoms with E-state index in [4.69, 9.17) is 9.15 Å². The topological polar surface area (TPSA) is 68.5 Å². The van der Waals surface area contributed by atoms with Gasteiger partial charge in [0.25, 0.3) is 0 Å². The van der Waals surface area contributed by atoms with E-state index in [1.54, 1.807) is 30.5 Å². The molecule has 2 aromatic carbocycles. The van der Waals surface area contributed by atoms with Crippen LogP contribution in [0.15, 0.2) is 47.1 Å². The van der Waals surface area contributed by atoms with Crippen molar-refractivity contribution in [3.8, 4) is 5.75 Å². The number of rotatable bonds is 4. The number of aryl methyl sites for hydroxylation is 2. The number of fused-ring (bicyclic) bond motifs is 1. The number of hydrogen-bond donors (Lipinski definition) is 1. The Morgan fingerprint density at radius 2 is 1.80 bits per heavy atom. The Labute approximate surface area is 145 Å². The first-order valence-corrected chi connectivity index (χ1v) is 7.98. The summed E-state index contributed by atoms with van der Waals surface area (Å²) in [4.78, 5) is 23.2. The zero-order chi connectivity index (χ0) is 18.0. The standard InChI is InChI=1S/C20H19NO4/c1-12-4-9-18-15(11-24-20(18)13(12)2)10-19(23)25-17-7-5-16(6-8-17)21-14(3)22/h4-9,11H,10H2,1-3H3,(H,21,22). The Morgan fingerprint density at radius 1 is 1.08 bits per heavy atom. The Bertz CT molecular complexity index is 938. The summed E-state index contributed by atoms with van der Waals surface area (Å²) in [5.41, 5.74) is 4.49. The third kappa shape index (κ3) is 3.71. The van der Waals surface area contributed by atoms with Gasteiger partial charge in [0.05, 0.1) is 12.7 Å². The summed E-state index contributed by atoms with van der Waals surface area (Å²) < 4.78 is 11.0. The molecular formula is C20H19NO4. The number of amides is 1. The molecule has 0 atom stereocenters. The second-order valence-corrected chi connectivity index (χ2v) is 6.00. The summed E-state index contributed by atoms with van der Waals surface area (Å²) >= 11 is 0. The molecule has 0 aliphatic rings. The first-order valence-electron chi connectivity index (χ1n) is 7.98. The van der Waals surface area contributed by atoms with Crippen LogP contribution in [0.25, 0.3) is 11.0 Å². The number of hydrogen-bond acceptors (Lipinski definition) is 4.